The first kappa shape index (κ1) is 121. The normalized spacial score (nSPS) is 23.9. The van der Waals surface area contributed by atoms with Gasteiger partial charge in [-0.1, -0.05) is 139 Å². The van der Waals surface area contributed by atoms with E-state index in [1.165, 1.54) is 42.8 Å². The van der Waals surface area contributed by atoms with E-state index >= 15 is 0 Å². The molecule has 0 aromatic rings. The molecule has 0 spiro atoms. The third-order valence-electron chi connectivity index (χ3n) is 20.3. The second-order valence-electron chi connectivity index (χ2n) is 33.9. The van der Waals surface area contributed by atoms with Crippen molar-refractivity contribution in [3.8, 4) is 0 Å². The van der Waals surface area contributed by atoms with Gasteiger partial charge in [-0.15, -0.1) is 47.0 Å². The standard InChI is InChI=1S/C15H28O2S2.C12H22O4.C12H22O3.C11H20O5.C11H18O4.C10H17NO4.C9H18OS2.C6H12O2.CH4/c1-10(2)13(5)14(16)17-12(4)9-11(3)15-18-7-6-8-19-15;1-7(2)10(5)12(15)16-9(4)6-8(3)11(13)14;1-8(2)11(5)12(14)15-10(4)6-9(3)7-13;1-6(10(13)14)5-7(2)16-11(15)8(3)9(4)12;1-6-5-7(2)14-11(13)8(3)9(4)15-10(6)12;1-5-4-6(2)14-10(13)8(11)7(3)15-9(5)12;1-7(6-8(2)10)9-11-4-3-5-12-9;1-4(2)5(3)6(7)8;/h10-13,15H,6-9H2,1-5H3;7-10H,6H2,1-5H3,(H,13,14);7-11H,6H2,1-5H3;6-9,12H,5H2,1-4H3,(H,13,14);6-9H,5H2,1-4H3;5-8H,4,11H2,1-3H3;7-10H,3-6H2,1-2H3;4-5H,1-3H3,(H,7,8);1H4/t11-,12+,13+;8-,9+,10+;9-,10+,11+;2*6-,7+,8+,9-;5-,6+,7-,8+;7-,8+;5-;/m11111110./s1. The van der Waals surface area contributed by atoms with Crippen LogP contribution in [-0.4, -0.2) is 197 Å². The summed E-state index contributed by atoms with van der Waals surface area (Å²) in [6.07, 6.45) is 4.24. The van der Waals surface area contributed by atoms with E-state index in [0.717, 1.165) is 23.7 Å². The van der Waals surface area contributed by atoms with Gasteiger partial charge in [-0.05, 0) is 199 Å². The van der Waals surface area contributed by atoms with E-state index < -0.39 is 84.0 Å². The number of ether oxygens (including phenoxy) is 8. The average Bonchev–Trinajstić information content (AvgIpc) is 1.80. The molecule has 0 aromatic heterocycles. The van der Waals surface area contributed by atoms with E-state index in [1.807, 2.05) is 90.0 Å². The minimum atomic E-state index is -0.911. The zero-order valence-corrected chi connectivity index (χ0v) is 79.5. The summed E-state index contributed by atoms with van der Waals surface area (Å²) in [5.74, 6) is -0.337. The van der Waals surface area contributed by atoms with E-state index in [-0.39, 0.29) is 145 Å². The fourth-order valence-corrected chi connectivity index (χ4v) is 16.7. The largest absolute Gasteiger partial charge is 0.481 e. The Labute approximate surface area is 721 Å². The maximum Gasteiger partial charge on any atom is 0.327 e. The minimum Gasteiger partial charge on any atom is -0.481 e. The van der Waals surface area contributed by atoms with E-state index in [9.17, 15) is 67.7 Å². The first-order chi connectivity index (χ1) is 53.4. The molecule has 4 fully saturated rings. The number of carboxylic acids is 3. The molecule has 0 bridgehead atoms. The number of thioether (sulfide) groups is 4. The summed E-state index contributed by atoms with van der Waals surface area (Å²) in [4.78, 5) is 134. The van der Waals surface area contributed by atoms with Crippen LogP contribution >= 0.6 is 47.0 Å². The van der Waals surface area contributed by atoms with Crippen LogP contribution in [0.1, 0.15) is 280 Å². The molecule has 0 amide bonds. The maximum absolute atomic E-state index is 11.9. The predicted octanol–water partition coefficient (Wildman–Crippen LogP) is 16.6. The third kappa shape index (κ3) is 56.4. The quantitative estimate of drug-likeness (QED) is 0.0230. The van der Waals surface area contributed by atoms with Crippen LogP contribution in [0.25, 0.3) is 0 Å². The molecule has 26 nitrogen and oxygen atoms in total. The average molecular weight is 1750 g/mol. The maximum atomic E-state index is 11.9. The molecule has 0 aromatic carbocycles. The lowest BCUT2D eigenvalue weighted by atomic mass is 9.98. The SMILES string of the molecule is C.CC(C)[C@H](C)C(=O)O.CC(C)[C@H](C)C(=O)O[C@@H](C)C[C@@H](C)C(=O)O.CC(C)[C@H](C)C(=O)O[C@@H](C)C[C@@H](C)C1SCCCS1.CC(C)[C@H](C)C(=O)O[C@@H](C)C[C@@H](C)C=O.C[C@@H]1C[C@H](C)OC(=O)[C@@H](C)[C@@H](C)OC1=O.C[C@@H]1C[C@H](C)OC(=O)[C@@H](N)[C@@H](C)OC1=O.C[C@H](C[C@H](C)OC(=O)[C@@H](C)[C@@H](C)O)C(=O)O.C[C@H](O)C[C@@H](C)C1SCCCS1. The number of hydrogen-bond acceptors (Lipinski definition) is 27. The summed E-state index contributed by atoms with van der Waals surface area (Å²) < 4.78 is 43.0. The molecule has 4 rings (SSSR count). The van der Waals surface area contributed by atoms with Crippen molar-refractivity contribution in [1.82, 2.24) is 0 Å². The molecular weight excluding hydrogens is 1590 g/mol. The molecule has 0 radical (unpaired) electrons. The van der Waals surface area contributed by atoms with E-state index in [1.54, 1.807) is 90.0 Å². The number of esters is 8. The minimum absolute atomic E-state index is 0. The molecular formula is C87H161NO25S4. The van der Waals surface area contributed by atoms with Gasteiger partial charge in [0.15, 0.2) is 0 Å². The molecule has 0 unspecified atom stereocenters. The van der Waals surface area contributed by atoms with E-state index in [0.29, 0.717) is 48.0 Å². The summed E-state index contributed by atoms with van der Waals surface area (Å²) >= 11 is 8.26. The Bertz CT molecular complexity index is 2710. The number of carboxylic acid groups (broad SMARTS) is 3. The molecule has 4 aliphatic rings. The highest BCUT2D eigenvalue weighted by molar-refractivity contribution is 8.18. The first-order valence-corrected chi connectivity index (χ1v) is 45.9. The Balaban J connectivity index is -0.000000411. The molecule has 30 heteroatoms. The number of carbonyl (C=O) groups excluding carboxylic acids is 9. The Kier molecular flexibility index (Phi) is 66.9. The van der Waals surface area contributed by atoms with Crippen LogP contribution in [0, 0.1) is 101 Å². The van der Waals surface area contributed by atoms with Crippen molar-refractivity contribution >= 4 is 119 Å². The summed E-state index contributed by atoms with van der Waals surface area (Å²) in [6, 6.07) is -0.901. The second kappa shape index (κ2) is 64.9. The lowest BCUT2D eigenvalue weighted by molar-refractivity contribution is -0.161. The number of aldehydes is 1. The van der Waals surface area contributed by atoms with Crippen LogP contribution in [-0.2, 0) is 95.4 Å². The second-order valence-corrected chi connectivity index (χ2v) is 39.5. The molecule has 4 saturated heterocycles. The van der Waals surface area contributed by atoms with Gasteiger partial charge in [-0.2, -0.15) is 0 Å². The number of cyclic esters (lactones) is 4. The molecule has 7 N–H and O–H groups in total. The Morgan fingerprint density at radius 1 is 0.410 bits per heavy atom. The van der Waals surface area contributed by atoms with Crippen LogP contribution in [0.2, 0.25) is 0 Å². The van der Waals surface area contributed by atoms with Crippen molar-refractivity contribution in [1.29, 1.82) is 0 Å². The lowest BCUT2D eigenvalue weighted by Crippen LogP contribution is -2.43. The van der Waals surface area contributed by atoms with Gasteiger partial charge < -0.3 is 74.0 Å². The summed E-state index contributed by atoms with van der Waals surface area (Å²) in [5.41, 5.74) is 5.58. The fraction of sp³-hybridized carbons (Fsp3) is 0.862. The van der Waals surface area contributed by atoms with Crippen molar-refractivity contribution < 1.29 is 121 Å². The fourth-order valence-electron chi connectivity index (χ4n) is 10.5. The van der Waals surface area contributed by atoms with Gasteiger partial charge in [0.2, 0.25) is 0 Å². The van der Waals surface area contributed by atoms with Crippen LogP contribution in [0.15, 0.2) is 0 Å². The van der Waals surface area contributed by atoms with Crippen LogP contribution in [0.4, 0.5) is 0 Å². The Morgan fingerprint density at radius 3 is 1.00 bits per heavy atom. The molecule has 688 valence electrons. The van der Waals surface area contributed by atoms with Crippen molar-refractivity contribution in [2.75, 3.05) is 23.0 Å². The highest BCUT2D eigenvalue weighted by Gasteiger charge is 2.35. The predicted molar refractivity (Wildman–Crippen MR) is 469 cm³/mol. The molecule has 0 saturated carbocycles. The molecule has 0 aliphatic carbocycles. The zero-order chi connectivity index (χ0) is 91.1. The number of nitrogens with two attached hydrogens (primary N) is 1. The highest BCUT2D eigenvalue weighted by atomic mass is 32.2. The van der Waals surface area contributed by atoms with Crippen molar-refractivity contribution in [3.63, 3.8) is 0 Å². The van der Waals surface area contributed by atoms with Crippen LogP contribution in [0.5, 0.6) is 0 Å². The Hall–Kier alpha value is -4.88. The molecule has 24 atom stereocenters. The van der Waals surface area contributed by atoms with Crippen molar-refractivity contribution in [3.05, 3.63) is 0 Å². The Morgan fingerprint density at radius 2 is 0.709 bits per heavy atom. The van der Waals surface area contributed by atoms with Gasteiger partial charge in [0.1, 0.15) is 24.5 Å². The highest BCUT2D eigenvalue weighted by Crippen LogP contribution is 2.39. The summed E-state index contributed by atoms with van der Waals surface area (Å²) in [6.45, 7) is 57.0. The number of aliphatic hydroxyl groups is 2. The van der Waals surface area contributed by atoms with E-state index in [4.69, 9.17) is 58.9 Å². The summed E-state index contributed by atoms with van der Waals surface area (Å²) in [7, 11) is 0. The van der Waals surface area contributed by atoms with Crippen LogP contribution < -0.4 is 5.73 Å². The van der Waals surface area contributed by atoms with Crippen LogP contribution in [0.3, 0.4) is 0 Å². The number of aliphatic carboxylic acids is 3. The van der Waals surface area contributed by atoms with Gasteiger partial charge in [0.05, 0.1) is 117 Å². The van der Waals surface area contributed by atoms with Gasteiger partial charge in [0.25, 0.3) is 0 Å². The third-order valence-corrected chi connectivity index (χ3v) is 27.2. The van der Waals surface area contributed by atoms with Crippen molar-refractivity contribution in [2.24, 2.45) is 106 Å². The first-order valence-electron chi connectivity index (χ1n) is 41.7. The van der Waals surface area contributed by atoms with Gasteiger partial charge in [0, 0.05) is 5.92 Å². The summed E-state index contributed by atoms with van der Waals surface area (Å²) in [5, 5.41) is 44.2. The monoisotopic (exact) mass is 1750 g/mol. The molecule has 117 heavy (non-hydrogen) atoms. The molecule has 4 heterocycles. The van der Waals surface area contributed by atoms with Gasteiger partial charge in [-0.25, -0.2) is 0 Å². The topological polar surface area (TPSA) is 406 Å². The number of rotatable bonds is 29. The van der Waals surface area contributed by atoms with E-state index in [2.05, 4.69) is 74.7 Å². The zero-order valence-electron chi connectivity index (χ0n) is 76.2. The smallest absolute Gasteiger partial charge is 0.327 e. The van der Waals surface area contributed by atoms with Gasteiger partial charge in [-0.3, -0.25) is 52.7 Å². The molecule has 4 aliphatic heterocycles. The number of hydrogen-bond donors (Lipinski definition) is 6. The lowest BCUT2D eigenvalue weighted by Gasteiger charge is -2.29. The van der Waals surface area contributed by atoms with Crippen molar-refractivity contribution in [2.45, 2.75) is 356 Å². The number of carbonyl (C=O) groups is 12. The van der Waals surface area contributed by atoms with Gasteiger partial charge >= 0.3 is 65.7 Å². The number of aliphatic hydroxyl groups excluding tert-OH is 2.